The number of rotatable bonds is 5. The maximum Gasteiger partial charge on any atom is 0.243 e. The third-order valence-electron chi connectivity index (χ3n) is 2.22. The molecule has 0 heterocycles. The van der Waals surface area contributed by atoms with E-state index in [4.69, 9.17) is 0 Å². The SMILES string of the molecule is CC(Br)CC(C)NS(=O)(=O)c1ccc(F)cc1F. The molecule has 102 valence electrons. The smallest absolute Gasteiger partial charge is 0.208 e. The van der Waals surface area contributed by atoms with E-state index in [2.05, 4.69) is 20.7 Å². The lowest BCUT2D eigenvalue weighted by Gasteiger charge is -2.15. The molecular weight excluding hydrogens is 328 g/mol. The summed E-state index contributed by atoms with van der Waals surface area (Å²) >= 11 is 3.30. The molecule has 0 fully saturated rings. The van der Waals surface area contributed by atoms with Gasteiger partial charge in [-0.05, 0) is 25.5 Å². The lowest BCUT2D eigenvalue weighted by atomic mass is 10.2. The van der Waals surface area contributed by atoms with Crippen LogP contribution < -0.4 is 4.72 Å². The van der Waals surface area contributed by atoms with Crippen molar-refractivity contribution in [3.8, 4) is 0 Å². The molecule has 1 aromatic rings. The molecule has 0 saturated carbocycles. The first-order chi connectivity index (χ1) is 8.22. The zero-order valence-electron chi connectivity index (χ0n) is 9.95. The average Bonchev–Trinajstić information content (AvgIpc) is 2.13. The summed E-state index contributed by atoms with van der Waals surface area (Å²) in [6.07, 6.45) is 0.558. The molecule has 2 unspecified atom stereocenters. The Morgan fingerprint density at radius 2 is 1.94 bits per heavy atom. The molecule has 0 aliphatic rings. The molecule has 0 spiro atoms. The summed E-state index contributed by atoms with van der Waals surface area (Å²) in [6, 6.07) is 2.02. The highest BCUT2D eigenvalue weighted by Gasteiger charge is 2.22. The van der Waals surface area contributed by atoms with E-state index in [1.54, 1.807) is 6.92 Å². The van der Waals surface area contributed by atoms with Crippen molar-refractivity contribution in [2.75, 3.05) is 0 Å². The molecule has 0 aliphatic heterocycles. The maximum absolute atomic E-state index is 13.4. The van der Waals surface area contributed by atoms with E-state index in [1.165, 1.54) is 0 Å². The van der Waals surface area contributed by atoms with Crippen molar-refractivity contribution >= 4 is 26.0 Å². The first kappa shape index (κ1) is 15.5. The summed E-state index contributed by atoms with van der Waals surface area (Å²) in [4.78, 5) is -0.411. The first-order valence-electron chi connectivity index (χ1n) is 5.34. The van der Waals surface area contributed by atoms with Crippen LogP contribution in [-0.2, 0) is 10.0 Å². The monoisotopic (exact) mass is 341 g/mol. The van der Waals surface area contributed by atoms with Crippen molar-refractivity contribution < 1.29 is 17.2 Å². The molecule has 0 bridgehead atoms. The number of sulfonamides is 1. The summed E-state index contributed by atoms with van der Waals surface area (Å²) in [5.41, 5.74) is 0. The quantitative estimate of drug-likeness (QED) is 0.837. The zero-order chi connectivity index (χ0) is 13.9. The summed E-state index contributed by atoms with van der Waals surface area (Å²) in [5, 5.41) is 0. The van der Waals surface area contributed by atoms with Crippen LogP contribution >= 0.6 is 15.9 Å². The Kier molecular flexibility index (Phi) is 5.24. The Morgan fingerprint density at radius 3 is 2.44 bits per heavy atom. The molecule has 0 amide bonds. The highest BCUT2D eigenvalue weighted by Crippen LogP contribution is 2.17. The van der Waals surface area contributed by atoms with Gasteiger partial charge in [-0.1, -0.05) is 22.9 Å². The second kappa shape index (κ2) is 6.08. The van der Waals surface area contributed by atoms with Crippen molar-refractivity contribution in [3.05, 3.63) is 29.8 Å². The standard InChI is InChI=1S/C11H14BrF2NO2S/c1-7(12)5-8(2)15-18(16,17)11-4-3-9(13)6-10(11)14/h3-4,6-8,15H,5H2,1-2H3. The van der Waals surface area contributed by atoms with Crippen molar-refractivity contribution in [2.45, 2.75) is 36.0 Å². The predicted molar refractivity (Wildman–Crippen MR) is 69.1 cm³/mol. The summed E-state index contributed by atoms with van der Waals surface area (Å²) in [6.45, 7) is 3.56. The van der Waals surface area contributed by atoms with Crippen LogP contribution in [0.3, 0.4) is 0 Å². The van der Waals surface area contributed by atoms with Gasteiger partial charge in [0.05, 0.1) is 0 Å². The minimum atomic E-state index is -3.97. The average molecular weight is 342 g/mol. The van der Waals surface area contributed by atoms with Crippen molar-refractivity contribution in [1.29, 1.82) is 0 Å². The molecular formula is C11H14BrF2NO2S. The van der Waals surface area contributed by atoms with E-state index in [1.807, 2.05) is 6.92 Å². The van der Waals surface area contributed by atoms with Gasteiger partial charge < -0.3 is 0 Å². The largest absolute Gasteiger partial charge is 0.243 e. The number of nitrogens with one attached hydrogen (secondary N) is 1. The number of benzene rings is 1. The molecule has 0 aromatic heterocycles. The van der Waals surface area contributed by atoms with Gasteiger partial charge in [0.25, 0.3) is 0 Å². The highest BCUT2D eigenvalue weighted by molar-refractivity contribution is 9.09. The van der Waals surface area contributed by atoms with Crippen LogP contribution in [0.1, 0.15) is 20.3 Å². The molecule has 0 saturated heterocycles. The topological polar surface area (TPSA) is 46.2 Å². The minimum Gasteiger partial charge on any atom is -0.208 e. The summed E-state index contributed by atoms with van der Waals surface area (Å²) < 4.78 is 52.2. The molecule has 3 nitrogen and oxygen atoms in total. The number of alkyl halides is 1. The Labute approximate surface area is 114 Å². The number of hydrogen-bond donors (Lipinski definition) is 1. The predicted octanol–water partition coefficient (Wildman–Crippen LogP) is 2.81. The Bertz CT molecular complexity index is 520. The van der Waals surface area contributed by atoms with Crippen LogP contribution in [0.2, 0.25) is 0 Å². The van der Waals surface area contributed by atoms with Crippen LogP contribution in [0, 0.1) is 11.6 Å². The van der Waals surface area contributed by atoms with E-state index in [9.17, 15) is 17.2 Å². The third-order valence-corrected chi connectivity index (χ3v) is 4.21. The van der Waals surface area contributed by atoms with Gasteiger partial charge >= 0.3 is 0 Å². The van der Waals surface area contributed by atoms with Gasteiger partial charge in [-0.15, -0.1) is 0 Å². The van der Waals surface area contributed by atoms with Crippen LogP contribution in [-0.4, -0.2) is 19.3 Å². The van der Waals surface area contributed by atoms with E-state index in [0.29, 0.717) is 12.5 Å². The van der Waals surface area contributed by atoms with Crippen molar-refractivity contribution in [1.82, 2.24) is 4.72 Å². The Hall–Kier alpha value is -0.530. The van der Waals surface area contributed by atoms with Gasteiger partial charge in [-0.3, -0.25) is 0 Å². The summed E-state index contributed by atoms with van der Waals surface area (Å²) in [5.74, 6) is -1.91. The highest BCUT2D eigenvalue weighted by atomic mass is 79.9. The molecule has 1 aromatic carbocycles. The third kappa shape index (κ3) is 4.29. The zero-order valence-corrected chi connectivity index (χ0v) is 12.4. The molecule has 2 atom stereocenters. The molecule has 0 radical (unpaired) electrons. The second-order valence-corrected chi connectivity index (χ2v) is 7.36. The Balaban J connectivity index is 2.93. The van der Waals surface area contributed by atoms with Crippen molar-refractivity contribution in [2.24, 2.45) is 0 Å². The molecule has 1 N–H and O–H groups in total. The van der Waals surface area contributed by atoms with Crippen LogP contribution in [0.25, 0.3) is 0 Å². The second-order valence-electron chi connectivity index (χ2n) is 4.11. The van der Waals surface area contributed by atoms with E-state index in [0.717, 1.165) is 12.1 Å². The van der Waals surface area contributed by atoms with Crippen LogP contribution in [0.5, 0.6) is 0 Å². The van der Waals surface area contributed by atoms with E-state index in [-0.39, 0.29) is 10.9 Å². The lowest BCUT2D eigenvalue weighted by Crippen LogP contribution is -2.34. The Morgan fingerprint density at radius 1 is 1.33 bits per heavy atom. The fraction of sp³-hybridized carbons (Fsp3) is 0.455. The number of halogens is 3. The van der Waals surface area contributed by atoms with Crippen molar-refractivity contribution in [3.63, 3.8) is 0 Å². The van der Waals surface area contributed by atoms with Gasteiger partial charge in [0.1, 0.15) is 16.5 Å². The molecule has 1 rings (SSSR count). The number of hydrogen-bond acceptors (Lipinski definition) is 2. The van der Waals surface area contributed by atoms with Crippen LogP contribution in [0.4, 0.5) is 8.78 Å². The van der Waals surface area contributed by atoms with E-state index < -0.39 is 26.6 Å². The van der Waals surface area contributed by atoms with Crippen LogP contribution in [0.15, 0.2) is 23.1 Å². The minimum absolute atomic E-state index is 0.133. The normalized spacial score (nSPS) is 15.4. The first-order valence-corrected chi connectivity index (χ1v) is 7.73. The molecule has 18 heavy (non-hydrogen) atoms. The van der Waals surface area contributed by atoms with E-state index >= 15 is 0 Å². The van der Waals surface area contributed by atoms with Gasteiger partial charge in [-0.2, -0.15) is 0 Å². The molecule has 7 heteroatoms. The van der Waals surface area contributed by atoms with Gasteiger partial charge in [-0.25, -0.2) is 21.9 Å². The molecule has 0 aliphatic carbocycles. The lowest BCUT2D eigenvalue weighted by molar-refractivity contribution is 0.527. The van der Waals surface area contributed by atoms with Gasteiger partial charge in [0, 0.05) is 16.9 Å². The fourth-order valence-corrected chi connectivity index (χ4v) is 3.43. The maximum atomic E-state index is 13.4. The van der Waals surface area contributed by atoms with Gasteiger partial charge in [0.15, 0.2) is 0 Å². The van der Waals surface area contributed by atoms with Gasteiger partial charge in [0.2, 0.25) is 10.0 Å². The summed E-state index contributed by atoms with van der Waals surface area (Å²) in [7, 11) is -3.97. The fourth-order valence-electron chi connectivity index (χ4n) is 1.56.